The second-order valence-corrected chi connectivity index (χ2v) is 5.51. The van der Waals surface area contributed by atoms with E-state index in [0.717, 1.165) is 0 Å². The van der Waals surface area contributed by atoms with Gasteiger partial charge in [0.1, 0.15) is 18.3 Å². The summed E-state index contributed by atoms with van der Waals surface area (Å²) in [5, 5.41) is 10.6. The second-order valence-electron chi connectivity index (χ2n) is 4.86. The summed E-state index contributed by atoms with van der Waals surface area (Å²) in [6, 6.07) is 8.63. The molecule has 22 heavy (non-hydrogen) atoms. The molecule has 122 valence electrons. The Hall–Kier alpha value is -0.990. The molecule has 0 aromatic heterocycles. The minimum atomic E-state index is -1.06. The van der Waals surface area contributed by atoms with Crippen molar-refractivity contribution in [2.75, 3.05) is 19.5 Å². The van der Waals surface area contributed by atoms with Gasteiger partial charge in [0, 0.05) is 19.5 Å². The predicted octanol–water partition coefficient (Wildman–Crippen LogP) is 1.35. The van der Waals surface area contributed by atoms with Crippen molar-refractivity contribution >= 4 is 21.9 Å². The quantitative estimate of drug-likeness (QED) is 0.619. The fraction of sp³-hybridized carbons (Fsp3) is 0.533. The monoisotopic (exact) mass is 374 g/mol. The largest absolute Gasteiger partial charge is 0.453 e. The lowest BCUT2D eigenvalue weighted by molar-refractivity contribution is -0.288. The Labute approximate surface area is 137 Å². The molecule has 1 aromatic rings. The van der Waals surface area contributed by atoms with Gasteiger partial charge in [-0.15, -0.1) is 0 Å². The van der Waals surface area contributed by atoms with Crippen molar-refractivity contribution < 1.29 is 28.8 Å². The average molecular weight is 375 g/mol. The van der Waals surface area contributed by atoms with E-state index < -0.39 is 36.7 Å². The van der Waals surface area contributed by atoms with Gasteiger partial charge in [-0.3, -0.25) is 0 Å². The Bertz CT molecular complexity index is 482. The van der Waals surface area contributed by atoms with Crippen molar-refractivity contribution in [1.29, 1.82) is 0 Å². The standard InChI is InChI=1S/C15H19BrO6/c1-19-13-11(17)15(20-2)21-10(8-16)12(13)22-14(18)9-6-4-3-5-7-9/h3-7,10-13,15,17H,8H2,1-2H3/t10-,11-,12-,13-,15+/m1/s1. The third-order valence-electron chi connectivity index (χ3n) is 3.52. The molecule has 0 saturated carbocycles. The van der Waals surface area contributed by atoms with Crippen molar-refractivity contribution in [3.05, 3.63) is 35.9 Å². The zero-order valence-corrected chi connectivity index (χ0v) is 13.9. The first kappa shape index (κ1) is 17.4. The molecule has 1 aliphatic heterocycles. The molecule has 0 radical (unpaired) electrons. The van der Waals surface area contributed by atoms with E-state index in [1.807, 2.05) is 6.07 Å². The van der Waals surface area contributed by atoms with E-state index in [-0.39, 0.29) is 0 Å². The zero-order valence-electron chi connectivity index (χ0n) is 12.3. The van der Waals surface area contributed by atoms with E-state index in [0.29, 0.717) is 10.9 Å². The van der Waals surface area contributed by atoms with Gasteiger partial charge in [0.2, 0.25) is 0 Å². The van der Waals surface area contributed by atoms with Crippen LogP contribution in [0.3, 0.4) is 0 Å². The molecule has 1 heterocycles. The molecule has 0 bridgehead atoms. The molecular formula is C15H19BrO6. The summed E-state index contributed by atoms with van der Waals surface area (Å²) in [5.41, 5.74) is 0.425. The summed E-state index contributed by atoms with van der Waals surface area (Å²) in [6.45, 7) is 0. The lowest BCUT2D eigenvalue weighted by Crippen LogP contribution is -2.60. The van der Waals surface area contributed by atoms with Crippen LogP contribution in [0.1, 0.15) is 10.4 Å². The minimum Gasteiger partial charge on any atom is -0.453 e. The number of esters is 1. The zero-order chi connectivity index (χ0) is 16.1. The number of hydrogen-bond donors (Lipinski definition) is 1. The van der Waals surface area contributed by atoms with Gasteiger partial charge in [0.25, 0.3) is 0 Å². The highest BCUT2D eigenvalue weighted by molar-refractivity contribution is 9.09. The highest BCUT2D eigenvalue weighted by Crippen LogP contribution is 2.27. The Balaban J connectivity index is 2.17. The number of alkyl halides is 1. The van der Waals surface area contributed by atoms with Gasteiger partial charge in [-0.1, -0.05) is 34.1 Å². The van der Waals surface area contributed by atoms with Gasteiger partial charge >= 0.3 is 5.97 Å². The van der Waals surface area contributed by atoms with E-state index in [2.05, 4.69) is 15.9 Å². The predicted molar refractivity (Wildman–Crippen MR) is 81.9 cm³/mol. The van der Waals surface area contributed by atoms with E-state index in [1.165, 1.54) is 14.2 Å². The number of hydrogen-bond acceptors (Lipinski definition) is 6. The normalized spacial score (nSPS) is 31.7. The van der Waals surface area contributed by atoms with Crippen molar-refractivity contribution in [3.8, 4) is 0 Å². The summed E-state index contributed by atoms with van der Waals surface area (Å²) >= 11 is 3.32. The van der Waals surface area contributed by atoms with Crippen molar-refractivity contribution in [2.45, 2.75) is 30.7 Å². The first-order chi connectivity index (χ1) is 10.6. The lowest BCUT2D eigenvalue weighted by atomic mass is 9.99. The molecule has 2 rings (SSSR count). The number of aliphatic hydroxyl groups excluding tert-OH is 1. The number of aliphatic hydroxyl groups is 1. The molecule has 7 heteroatoms. The van der Waals surface area contributed by atoms with E-state index in [1.54, 1.807) is 24.3 Å². The molecular weight excluding hydrogens is 356 g/mol. The average Bonchev–Trinajstić information content (AvgIpc) is 2.56. The van der Waals surface area contributed by atoms with Crippen molar-refractivity contribution in [1.82, 2.24) is 0 Å². The maximum absolute atomic E-state index is 12.2. The van der Waals surface area contributed by atoms with Crippen LogP contribution in [0.5, 0.6) is 0 Å². The van der Waals surface area contributed by atoms with Crippen LogP contribution >= 0.6 is 15.9 Å². The number of methoxy groups -OCH3 is 2. The first-order valence-electron chi connectivity index (χ1n) is 6.83. The fourth-order valence-corrected chi connectivity index (χ4v) is 2.91. The molecule has 6 nitrogen and oxygen atoms in total. The SMILES string of the molecule is CO[C@H]1O[C@H](CBr)[C@@H](OC(=O)c2ccccc2)[C@H](OC)[C@H]1O. The van der Waals surface area contributed by atoms with Crippen LogP contribution in [-0.2, 0) is 18.9 Å². The molecule has 1 aliphatic rings. The van der Waals surface area contributed by atoms with E-state index >= 15 is 0 Å². The van der Waals surface area contributed by atoms with Crippen LogP contribution in [0, 0.1) is 0 Å². The molecule has 0 amide bonds. The topological polar surface area (TPSA) is 74.2 Å². The lowest BCUT2D eigenvalue weighted by Gasteiger charge is -2.42. The Morgan fingerprint density at radius 1 is 1.23 bits per heavy atom. The van der Waals surface area contributed by atoms with Gasteiger partial charge in [-0.05, 0) is 12.1 Å². The number of carbonyl (C=O) groups is 1. The molecule has 1 aromatic carbocycles. The number of ether oxygens (including phenoxy) is 4. The summed E-state index contributed by atoms with van der Waals surface area (Å²) < 4.78 is 21.5. The molecule has 0 unspecified atom stereocenters. The molecule has 5 atom stereocenters. The van der Waals surface area contributed by atoms with Gasteiger partial charge in [0.05, 0.1) is 5.56 Å². The van der Waals surface area contributed by atoms with Gasteiger partial charge in [-0.2, -0.15) is 0 Å². The van der Waals surface area contributed by atoms with Crippen LogP contribution in [0.15, 0.2) is 30.3 Å². The molecule has 1 fully saturated rings. The highest BCUT2D eigenvalue weighted by atomic mass is 79.9. The van der Waals surface area contributed by atoms with Crippen LogP contribution < -0.4 is 0 Å². The number of halogens is 1. The van der Waals surface area contributed by atoms with Crippen molar-refractivity contribution in [2.24, 2.45) is 0 Å². The number of benzene rings is 1. The van der Waals surface area contributed by atoms with Gasteiger partial charge in [-0.25, -0.2) is 4.79 Å². The van der Waals surface area contributed by atoms with Crippen LogP contribution in [0.25, 0.3) is 0 Å². The first-order valence-corrected chi connectivity index (χ1v) is 7.95. The summed E-state index contributed by atoms with van der Waals surface area (Å²) in [5.74, 6) is -0.495. The van der Waals surface area contributed by atoms with Gasteiger partial charge < -0.3 is 24.1 Å². The maximum Gasteiger partial charge on any atom is 0.338 e. The summed E-state index contributed by atoms with van der Waals surface area (Å²) in [7, 11) is 2.88. The van der Waals surface area contributed by atoms with Crippen LogP contribution in [0.4, 0.5) is 0 Å². The van der Waals surface area contributed by atoms with E-state index in [9.17, 15) is 9.90 Å². The summed E-state index contributed by atoms with van der Waals surface area (Å²) in [4.78, 5) is 12.2. The third kappa shape index (κ3) is 3.67. The van der Waals surface area contributed by atoms with E-state index in [4.69, 9.17) is 18.9 Å². The Morgan fingerprint density at radius 3 is 2.45 bits per heavy atom. The third-order valence-corrected chi connectivity index (χ3v) is 4.16. The summed E-state index contributed by atoms with van der Waals surface area (Å²) in [6.07, 6.45) is -3.88. The van der Waals surface area contributed by atoms with Crippen LogP contribution in [-0.4, -0.2) is 61.3 Å². The second kappa shape index (κ2) is 8.03. The molecule has 0 aliphatic carbocycles. The Kier molecular flexibility index (Phi) is 6.34. The smallest absolute Gasteiger partial charge is 0.338 e. The molecule has 1 saturated heterocycles. The minimum absolute atomic E-state index is 0.409. The van der Waals surface area contributed by atoms with Gasteiger partial charge in [0.15, 0.2) is 12.4 Å². The van der Waals surface area contributed by atoms with Crippen molar-refractivity contribution in [3.63, 3.8) is 0 Å². The van der Waals surface area contributed by atoms with Crippen LogP contribution in [0.2, 0.25) is 0 Å². The number of carbonyl (C=O) groups excluding carboxylic acids is 1. The maximum atomic E-state index is 12.2. The molecule has 0 spiro atoms. The number of rotatable bonds is 5. The molecule has 1 N–H and O–H groups in total. The Morgan fingerprint density at radius 2 is 1.91 bits per heavy atom. The highest BCUT2D eigenvalue weighted by Gasteiger charge is 2.47. The fourth-order valence-electron chi connectivity index (χ4n) is 2.39.